The van der Waals surface area contributed by atoms with Gasteiger partial charge in [-0.2, -0.15) is 0 Å². The first-order valence-electron chi connectivity index (χ1n) is 12.4. The van der Waals surface area contributed by atoms with Crippen molar-refractivity contribution in [2.75, 3.05) is 5.32 Å². The van der Waals surface area contributed by atoms with Crippen molar-refractivity contribution in [3.05, 3.63) is 65.2 Å². The van der Waals surface area contributed by atoms with E-state index in [0.29, 0.717) is 17.7 Å². The Bertz CT molecular complexity index is 1070. The SMILES string of the molecule is CCC(C)(C)N(C(=O)C(C)NC(=O)OC(C)(C)C)C(C(=O)Nc1ccccc1C)c1ccc(C)cc1. The second-order valence-electron chi connectivity index (χ2n) is 10.9. The first kappa shape index (κ1) is 28.9. The molecule has 3 amide bonds. The molecule has 7 heteroatoms. The summed E-state index contributed by atoms with van der Waals surface area (Å²) in [4.78, 5) is 41.8. The summed E-state index contributed by atoms with van der Waals surface area (Å²) in [5, 5.41) is 5.66. The highest BCUT2D eigenvalue weighted by atomic mass is 16.6. The highest BCUT2D eigenvalue weighted by molar-refractivity contribution is 5.99. The van der Waals surface area contributed by atoms with E-state index < -0.39 is 29.3 Å². The van der Waals surface area contributed by atoms with Gasteiger partial charge in [0.1, 0.15) is 17.7 Å². The third-order valence-electron chi connectivity index (χ3n) is 6.16. The van der Waals surface area contributed by atoms with Crippen molar-refractivity contribution in [1.29, 1.82) is 0 Å². The van der Waals surface area contributed by atoms with Crippen LogP contribution in [0.4, 0.5) is 10.5 Å². The molecule has 0 aliphatic heterocycles. The maximum Gasteiger partial charge on any atom is 0.408 e. The van der Waals surface area contributed by atoms with Crippen LogP contribution in [0.3, 0.4) is 0 Å². The zero-order valence-corrected chi connectivity index (χ0v) is 23.1. The van der Waals surface area contributed by atoms with Gasteiger partial charge in [0.05, 0.1) is 0 Å². The van der Waals surface area contributed by atoms with Gasteiger partial charge in [0.2, 0.25) is 5.91 Å². The van der Waals surface area contributed by atoms with Gasteiger partial charge in [-0.25, -0.2) is 4.79 Å². The fraction of sp³-hybridized carbons (Fsp3) is 0.483. The van der Waals surface area contributed by atoms with Crippen LogP contribution in [0.1, 0.15) is 77.6 Å². The molecule has 0 fully saturated rings. The summed E-state index contributed by atoms with van der Waals surface area (Å²) < 4.78 is 5.35. The predicted molar refractivity (Wildman–Crippen MR) is 144 cm³/mol. The summed E-state index contributed by atoms with van der Waals surface area (Å²) in [5.74, 6) is -0.703. The lowest BCUT2D eigenvalue weighted by molar-refractivity contribution is -0.147. The van der Waals surface area contributed by atoms with E-state index in [1.165, 1.54) is 0 Å². The Morgan fingerprint density at radius 3 is 2.06 bits per heavy atom. The van der Waals surface area contributed by atoms with Crippen LogP contribution in [0.15, 0.2) is 48.5 Å². The molecule has 0 bridgehead atoms. The van der Waals surface area contributed by atoms with Crippen molar-refractivity contribution in [1.82, 2.24) is 10.2 Å². The van der Waals surface area contributed by atoms with Crippen LogP contribution in [0, 0.1) is 13.8 Å². The number of carbonyl (C=O) groups excluding carboxylic acids is 3. The Morgan fingerprint density at radius 2 is 1.53 bits per heavy atom. The molecule has 0 heterocycles. The maximum absolute atomic E-state index is 13.9. The highest BCUT2D eigenvalue weighted by Crippen LogP contribution is 2.33. The van der Waals surface area contributed by atoms with Gasteiger partial charge in [0, 0.05) is 11.2 Å². The summed E-state index contributed by atoms with van der Waals surface area (Å²) >= 11 is 0. The van der Waals surface area contributed by atoms with Gasteiger partial charge < -0.3 is 20.3 Å². The molecular weight excluding hydrogens is 454 g/mol. The number of aryl methyl sites for hydroxylation is 2. The van der Waals surface area contributed by atoms with E-state index in [1.54, 1.807) is 32.6 Å². The molecule has 2 atom stereocenters. The highest BCUT2D eigenvalue weighted by Gasteiger charge is 2.42. The maximum atomic E-state index is 13.9. The first-order chi connectivity index (χ1) is 16.7. The lowest BCUT2D eigenvalue weighted by atomic mass is 9.91. The number of hydrogen-bond acceptors (Lipinski definition) is 4. The van der Waals surface area contributed by atoms with Gasteiger partial charge in [-0.05, 0) is 79.0 Å². The molecular formula is C29H41N3O4. The Morgan fingerprint density at radius 1 is 0.944 bits per heavy atom. The number of anilines is 1. The van der Waals surface area contributed by atoms with Crippen molar-refractivity contribution < 1.29 is 19.1 Å². The van der Waals surface area contributed by atoms with E-state index in [0.717, 1.165) is 11.1 Å². The van der Waals surface area contributed by atoms with Crippen LogP contribution in [0.2, 0.25) is 0 Å². The average Bonchev–Trinajstić information content (AvgIpc) is 2.77. The molecule has 0 aliphatic rings. The van der Waals surface area contributed by atoms with Crippen LogP contribution in [0.5, 0.6) is 0 Å². The number of carbonyl (C=O) groups is 3. The largest absolute Gasteiger partial charge is 0.444 e. The number of nitrogens with one attached hydrogen (secondary N) is 2. The molecule has 0 spiro atoms. The molecule has 196 valence electrons. The van der Waals surface area contributed by atoms with Crippen molar-refractivity contribution >= 4 is 23.6 Å². The fourth-order valence-corrected chi connectivity index (χ4v) is 3.78. The quantitative estimate of drug-likeness (QED) is 0.476. The Labute approximate surface area is 215 Å². The number of alkyl carbamates (subject to hydrolysis) is 1. The number of benzene rings is 2. The minimum absolute atomic E-state index is 0.326. The lowest BCUT2D eigenvalue weighted by Gasteiger charge is -2.44. The van der Waals surface area contributed by atoms with Gasteiger partial charge in [0.25, 0.3) is 5.91 Å². The van der Waals surface area contributed by atoms with Crippen LogP contribution in [0.25, 0.3) is 0 Å². The van der Waals surface area contributed by atoms with E-state index in [2.05, 4.69) is 10.6 Å². The predicted octanol–water partition coefficient (Wildman–Crippen LogP) is 5.91. The third kappa shape index (κ3) is 7.57. The van der Waals surface area contributed by atoms with E-state index in [9.17, 15) is 14.4 Å². The third-order valence-corrected chi connectivity index (χ3v) is 6.16. The molecule has 0 aromatic heterocycles. The van der Waals surface area contributed by atoms with E-state index in [-0.39, 0.29) is 11.8 Å². The summed E-state index contributed by atoms with van der Waals surface area (Å²) in [6.45, 7) is 16.6. The van der Waals surface area contributed by atoms with Gasteiger partial charge in [0.15, 0.2) is 0 Å². The fourth-order valence-electron chi connectivity index (χ4n) is 3.78. The Hall–Kier alpha value is -3.35. The van der Waals surface area contributed by atoms with E-state index >= 15 is 0 Å². The van der Waals surface area contributed by atoms with E-state index in [4.69, 9.17) is 4.74 Å². The summed E-state index contributed by atoms with van der Waals surface area (Å²) in [5.41, 5.74) is 1.94. The zero-order chi connectivity index (χ0) is 27.3. The smallest absolute Gasteiger partial charge is 0.408 e. The molecule has 0 radical (unpaired) electrons. The van der Waals surface area contributed by atoms with Crippen molar-refractivity contribution in [2.45, 2.75) is 92.0 Å². The molecule has 7 nitrogen and oxygen atoms in total. The number of rotatable bonds is 8. The minimum atomic E-state index is -0.921. The van der Waals surface area contributed by atoms with Crippen LogP contribution >= 0.6 is 0 Å². The van der Waals surface area contributed by atoms with Crippen molar-refractivity contribution in [2.24, 2.45) is 0 Å². The molecule has 0 saturated heterocycles. The van der Waals surface area contributed by atoms with Crippen LogP contribution in [-0.4, -0.2) is 40.0 Å². The van der Waals surface area contributed by atoms with Gasteiger partial charge in [-0.3, -0.25) is 9.59 Å². The number of nitrogens with zero attached hydrogens (tertiary/aromatic N) is 1. The zero-order valence-electron chi connectivity index (χ0n) is 23.1. The molecule has 2 aromatic rings. The molecule has 2 unspecified atom stereocenters. The molecule has 2 aromatic carbocycles. The Balaban J connectivity index is 2.53. The monoisotopic (exact) mass is 495 g/mol. The lowest BCUT2D eigenvalue weighted by Crippen LogP contribution is -2.58. The number of hydrogen-bond donors (Lipinski definition) is 2. The standard InChI is InChI=1S/C29H41N3O4/c1-10-29(8,9)32(26(34)21(4)30-27(35)36-28(5,6)7)24(22-17-15-19(2)16-18-22)25(33)31-23-14-12-11-13-20(23)3/h11-18,21,24H,10H2,1-9H3,(H,30,35)(H,31,33). The summed E-state index contributed by atoms with van der Waals surface area (Å²) in [6.07, 6.45) is -0.0911. The normalized spacial score (nSPS) is 13.4. The topological polar surface area (TPSA) is 87.7 Å². The molecule has 36 heavy (non-hydrogen) atoms. The molecule has 2 N–H and O–H groups in total. The van der Waals surface area contributed by atoms with Crippen LogP contribution < -0.4 is 10.6 Å². The summed E-state index contributed by atoms with van der Waals surface area (Å²) in [7, 11) is 0. The first-order valence-corrected chi connectivity index (χ1v) is 12.4. The number of amides is 3. The minimum Gasteiger partial charge on any atom is -0.444 e. The van der Waals surface area contributed by atoms with Crippen molar-refractivity contribution in [3.63, 3.8) is 0 Å². The number of ether oxygens (including phenoxy) is 1. The molecule has 0 saturated carbocycles. The number of para-hydroxylation sites is 1. The van der Waals surface area contributed by atoms with E-state index in [1.807, 2.05) is 83.1 Å². The van der Waals surface area contributed by atoms with Gasteiger partial charge in [-0.1, -0.05) is 55.0 Å². The van der Waals surface area contributed by atoms with Crippen molar-refractivity contribution in [3.8, 4) is 0 Å². The second-order valence-corrected chi connectivity index (χ2v) is 10.9. The van der Waals surface area contributed by atoms with Gasteiger partial charge >= 0.3 is 6.09 Å². The molecule has 2 rings (SSSR count). The average molecular weight is 496 g/mol. The summed E-state index contributed by atoms with van der Waals surface area (Å²) in [6, 6.07) is 13.3. The Kier molecular flexibility index (Phi) is 9.30. The second kappa shape index (κ2) is 11.6. The van der Waals surface area contributed by atoms with Crippen LogP contribution in [-0.2, 0) is 14.3 Å². The van der Waals surface area contributed by atoms with Gasteiger partial charge in [-0.15, -0.1) is 0 Å². The molecule has 0 aliphatic carbocycles.